The third-order valence-electron chi connectivity index (χ3n) is 4.90. The molecule has 0 saturated carbocycles. The van der Waals surface area contributed by atoms with Crippen LogP contribution in [-0.2, 0) is 18.5 Å². The Labute approximate surface area is 161 Å². The molecule has 7 nitrogen and oxygen atoms in total. The lowest BCUT2D eigenvalue weighted by atomic mass is 9.94. The SMILES string of the molecule is CCCn1nccc1C(=O)N1CCCN(Cc2ncc(C(C)(C)C)o2)CC1. The number of amides is 1. The minimum Gasteiger partial charge on any atom is -0.444 e. The molecule has 0 atom stereocenters. The van der Waals surface area contributed by atoms with E-state index in [1.54, 1.807) is 6.20 Å². The van der Waals surface area contributed by atoms with Crippen molar-refractivity contribution in [2.24, 2.45) is 0 Å². The first-order chi connectivity index (χ1) is 12.9. The lowest BCUT2D eigenvalue weighted by Gasteiger charge is -2.21. The van der Waals surface area contributed by atoms with Crippen molar-refractivity contribution >= 4 is 5.91 Å². The van der Waals surface area contributed by atoms with E-state index in [-0.39, 0.29) is 11.3 Å². The molecule has 1 saturated heterocycles. The molecule has 7 heteroatoms. The van der Waals surface area contributed by atoms with E-state index < -0.39 is 0 Å². The molecular weight excluding hydrogens is 342 g/mol. The van der Waals surface area contributed by atoms with Gasteiger partial charge in [-0.2, -0.15) is 5.10 Å². The molecular formula is C20H31N5O2. The Morgan fingerprint density at radius 2 is 2.04 bits per heavy atom. The first kappa shape index (κ1) is 19.6. The van der Waals surface area contributed by atoms with E-state index in [1.165, 1.54) is 0 Å². The maximum atomic E-state index is 12.9. The van der Waals surface area contributed by atoms with Crippen LogP contribution in [-0.4, -0.2) is 56.7 Å². The Bertz CT molecular complexity index is 759. The number of carbonyl (C=O) groups is 1. The molecule has 2 aromatic heterocycles. The van der Waals surface area contributed by atoms with E-state index in [0.717, 1.165) is 50.7 Å². The number of aryl methyl sites for hydroxylation is 1. The first-order valence-corrected chi connectivity index (χ1v) is 9.87. The van der Waals surface area contributed by atoms with Gasteiger partial charge in [-0.1, -0.05) is 27.7 Å². The van der Waals surface area contributed by atoms with E-state index in [0.29, 0.717) is 18.8 Å². The van der Waals surface area contributed by atoms with Crippen LogP contribution in [0.5, 0.6) is 0 Å². The number of hydrogen-bond acceptors (Lipinski definition) is 5. The quantitative estimate of drug-likeness (QED) is 0.806. The number of rotatable bonds is 5. The number of nitrogens with zero attached hydrogens (tertiary/aromatic N) is 5. The maximum absolute atomic E-state index is 12.9. The highest BCUT2D eigenvalue weighted by Gasteiger charge is 2.24. The van der Waals surface area contributed by atoms with E-state index in [4.69, 9.17) is 4.42 Å². The van der Waals surface area contributed by atoms with Gasteiger partial charge < -0.3 is 9.32 Å². The van der Waals surface area contributed by atoms with Gasteiger partial charge in [0.2, 0.25) is 5.89 Å². The Hall–Kier alpha value is -2.15. The molecule has 0 aliphatic carbocycles. The Morgan fingerprint density at radius 1 is 1.22 bits per heavy atom. The molecule has 3 rings (SSSR count). The van der Waals surface area contributed by atoms with Crippen molar-refractivity contribution in [3.63, 3.8) is 0 Å². The predicted octanol–water partition coefficient (Wildman–Crippen LogP) is 2.93. The van der Waals surface area contributed by atoms with Crippen LogP contribution < -0.4 is 0 Å². The predicted molar refractivity (Wildman–Crippen MR) is 104 cm³/mol. The van der Waals surface area contributed by atoms with E-state index in [1.807, 2.05) is 21.8 Å². The van der Waals surface area contributed by atoms with Crippen molar-refractivity contribution < 1.29 is 9.21 Å². The number of hydrogen-bond donors (Lipinski definition) is 0. The van der Waals surface area contributed by atoms with Crippen molar-refractivity contribution in [2.45, 2.75) is 59.0 Å². The zero-order chi connectivity index (χ0) is 19.4. The molecule has 0 bridgehead atoms. The van der Waals surface area contributed by atoms with Gasteiger partial charge in [-0.25, -0.2) is 4.98 Å². The Morgan fingerprint density at radius 3 is 2.74 bits per heavy atom. The summed E-state index contributed by atoms with van der Waals surface area (Å²) in [6.07, 6.45) is 5.45. The topological polar surface area (TPSA) is 67.4 Å². The van der Waals surface area contributed by atoms with Crippen molar-refractivity contribution in [1.29, 1.82) is 0 Å². The summed E-state index contributed by atoms with van der Waals surface area (Å²) in [4.78, 5) is 21.6. The van der Waals surface area contributed by atoms with Gasteiger partial charge in [0.15, 0.2) is 0 Å². The van der Waals surface area contributed by atoms with E-state index in [2.05, 4.69) is 42.7 Å². The third kappa shape index (κ3) is 4.77. The van der Waals surface area contributed by atoms with Crippen molar-refractivity contribution in [3.8, 4) is 0 Å². The lowest BCUT2D eigenvalue weighted by Crippen LogP contribution is -2.36. The van der Waals surface area contributed by atoms with Crippen LogP contribution >= 0.6 is 0 Å². The average Bonchev–Trinajstić information content (AvgIpc) is 3.20. The van der Waals surface area contributed by atoms with Gasteiger partial charge in [0, 0.05) is 44.3 Å². The van der Waals surface area contributed by atoms with Crippen LogP contribution in [0.4, 0.5) is 0 Å². The molecule has 1 aliphatic rings. The van der Waals surface area contributed by atoms with Gasteiger partial charge in [0.05, 0.1) is 12.7 Å². The molecule has 27 heavy (non-hydrogen) atoms. The van der Waals surface area contributed by atoms with Crippen LogP contribution in [0.15, 0.2) is 22.9 Å². The zero-order valence-corrected chi connectivity index (χ0v) is 16.9. The molecule has 0 unspecified atom stereocenters. The fourth-order valence-electron chi connectivity index (χ4n) is 3.32. The summed E-state index contributed by atoms with van der Waals surface area (Å²) in [6, 6.07) is 1.82. The molecule has 3 heterocycles. The molecule has 2 aromatic rings. The van der Waals surface area contributed by atoms with Gasteiger partial charge in [-0.3, -0.25) is 14.4 Å². The smallest absolute Gasteiger partial charge is 0.272 e. The second kappa shape index (κ2) is 8.25. The molecule has 148 valence electrons. The summed E-state index contributed by atoms with van der Waals surface area (Å²) in [5, 5.41) is 4.28. The summed E-state index contributed by atoms with van der Waals surface area (Å²) in [6.45, 7) is 13.1. The third-order valence-corrected chi connectivity index (χ3v) is 4.90. The normalized spacial score (nSPS) is 16.5. The van der Waals surface area contributed by atoms with Crippen molar-refractivity contribution in [3.05, 3.63) is 35.8 Å². The first-order valence-electron chi connectivity index (χ1n) is 9.87. The molecule has 0 aromatic carbocycles. The van der Waals surface area contributed by atoms with E-state index >= 15 is 0 Å². The number of oxazole rings is 1. The molecule has 0 spiro atoms. The van der Waals surface area contributed by atoms with Crippen LogP contribution in [0.3, 0.4) is 0 Å². The Balaban J connectivity index is 1.59. The summed E-state index contributed by atoms with van der Waals surface area (Å²) in [5.41, 5.74) is 0.655. The van der Waals surface area contributed by atoms with Crippen LogP contribution in [0, 0.1) is 0 Å². The second-order valence-corrected chi connectivity index (χ2v) is 8.23. The minimum atomic E-state index is -0.0330. The van der Waals surface area contributed by atoms with Gasteiger partial charge in [0.1, 0.15) is 11.5 Å². The highest BCUT2D eigenvalue weighted by atomic mass is 16.4. The molecule has 1 fully saturated rings. The fourth-order valence-corrected chi connectivity index (χ4v) is 3.32. The largest absolute Gasteiger partial charge is 0.444 e. The van der Waals surface area contributed by atoms with Gasteiger partial charge in [0.25, 0.3) is 5.91 Å². The highest BCUT2D eigenvalue weighted by molar-refractivity contribution is 5.92. The Kier molecular flexibility index (Phi) is 5.99. The highest BCUT2D eigenvalue weighted by Crippen LogP contribution is 2.23. The van der Waals surface area contributed by atoms with E-state index in [9.17, 15) is 4.79 Å². The van der Waals surface area contributed by atoms with Crippen LogP contribution in [0.1, 0.15) is 62.7 Å². The van der Waals surface area contributed by atoms with Gasteiger partial charge >= 0.3 is 0 Å². The number of carbonyl (C=O) groups excluding carboxylic acids is 1. The van der Waals surface area contributed by atoms with Gasteiger partial charge in [-0.15, -0.1) is 0 Å². The summed E-state index contributed by atoms with van der Waals surface area (Å²) in [5.74, 6) is 1.74. The summed E-state index contributed by atoms with van der Waals surface area (Å²) in [7, 11) is 0. The van der Waals surface area contributed by atoms with Crippen molar-refractivity contribution in [1.82, 2.24) is 24.6 Å². The molecule has 1 aliphatic heterocycles. The maximum Gasteiger partial charge on any atom is 0.272 e. The minimum absolute atomic E-state index is 0.0330. The molecule has 0 N–H and O–H groups in total. The monoisotopic (exact) mass is 373 g/mol. The number of aromatic nitrogens is 3. The fraction of sp³-hybridized carbons (Fsp3) is 0.650. The van der Waals surface area contributed by atoms with Crippen LogP contribution in [0.25, 0.3) is 0 Å². The zero-order valence-electron chi connectivity index (χ0n) is 16.9. The standard InChI is InChI=1S/C20H31N5O2/c1-5-9-25-16(7-8-22-25)19(26)24-11-6-10-23(12-13-24)15-18-21-14-17(27-18)20(2,3)4/h7-8,14H,5-6,9-13,15H2,1-4H3. The molecule has 1 amide bonds. The summed E-state index contributed by atoms with van der Waals surface area (Å²) < 4.78 is 7.73. The summed E-state index contributed by atoms with van der Waals surface area (Å²) >= 11 is 0. The van der Waals surface area contributed by atoms with Crippen LogP contribution in [0.2, 0.25) is 0 Å². The lowest BCUT2D eigenvalue weighted by molar-refractivity contribution is 0.0748. The van der Waals surface area contributed by atoms with Crippen molar-refractivity contribution in [2.75, 3.05) is 26.2 Å². The average molecular weight is 374 g/mol. The molecule has 0 radical (unpaired) electrons. The van der Waals surface area contributed by atoms with Gasteiger partial charge in [-0.05, 0) is 18.9 Å². The second-order valence-electron chi connectivity index (χ2n) is 8.23.